The normalized spacial score (nSPS) is 22.4. The molecule has 1 aliphatic carbocycles. The largest absolute Gasteiger partial charge is 0.382 e. The summed E-state index contributed by atoms with van der Waals surface area (Å²) in [5.74, 6) is 1.76. The van der Waals surface area contributed by atoms with E-state index in [4.69, 9.17) is 0 Å². The minimum absolute atomic E-state index is 0.637. The standard InChI is InChI=1S/C18H25N3/c1-13(2)14-3-7-16(8-4-14)20-17-9-5-15(6-10-17)18-11-12-19-21-18/h5-6,9-14,16,20H,3-4,7-8H2,1-2H3,(H,19,21). The third-order valence-electron chi connectivity index (χ3n) is 4.78. The summed E-state index contributed by atoms with van der Waals surface area (Å²) in [6.45, 7) is 4.71. The van der Waals surface area contributed by atoms with Crippen LogP contribution < -0.4 is 5.32 Å². The van der Waals surface area contributed by atoms with Gasteiger partial charge in [0.1, 0.15) is 0 Å². The Kier molecular flexibility index (Phi) is 4.28. The highest BCUT2D eigenvalue weighted by molar-refractivity contribution is 5.62. The molecule has 0 bridgehead atoms. The van der Waals surface area contributed by atoms with Crippen LogP contribution in [0.3, 0.4) is 0 Å². The second kappa shape index (κ2) is 6.33. The number of aromatic nitrogens is 2. The molecule has 21 heavy (non-hydrogen) atoms. The molecule has 0 saturated heterocycles. The maximum absolute atomic E-state index is 4.00. The van der Waals surface area contributed by atoms with Crippen LogP contribution in [0.1, 0.15) is 39.5 Å². The Balaban J connectivity index is 1.57. The molecule has 0 amide bonds. The van der Waals surface area contributed by atoms with Gasteiger partial charge in [0.05, 0.1) is 5.69 Å². The number of rotatable bonds is 4. The van der Waals surface area contributed by atoms with Crippen molar-refractivity contribution in [1.29, 1.82) is 0 Å². The summed E-state index contributed by atoms with van der Waals surface area (Å²) in [5.41, 5.74) is 3.48. The molecule has 2 N–H and O–H groups in total. The van der Waals surface area contributed by atoms with Crippen LogP contribution in [-0.2, 0) is 0 Å². The third-order valence-corrected chi connectivity index (χ3v) is 4.78. The average Bonchev–Trinajstić information content (AvgIpc) is 3.03. The summed E-state index contributed by atoms with van der Waals surface area (Å²) in [6.07, 6.45) is 7.11. The van der Waals surface area contributed by atoms with Crippen molar-refractivity contribution in [3.05, 3.63) is 36.5 Å². The minimum Gasteiger partial charge on any atom is -0.382 e. The van der Waals surface area contributed by atoms with Crippen LogP contribution in [0.25, 0.3) is 11.3 Å². The van der Waals surface area contributed by atoms with Gasteiger partial charge in [0.25, 0.3) is 0 Å². The molecule has 0 radical (unpaired) electrons. The van der Waals surface area contributed by atoms with Gasteiger partial charge in [0.15, 0.2) is 0 Å². The molecule has 3 heteroatoms. The zero-order valence-corrected chi connectivity index (χ0v) is 13.0. The predicted octanol–water partition coefficient (Wildman–Crippen LogP) is 4.70. The fourth-order valence-corrected chi connectivity index (χ4v) is 3.33. The number of hydrogen-bond donors (Lipinski definition) is 2. The molecule has 2 aromatic rings. The first-order valence-corrected chi connectivity index (χ1v) is 8.08. The van der Waals surface area contributed by atoms with Crippen LogP contribution in [0.2, 0.25) is 0 Å². The Morgan fingerprint density at radius 3 is 2.33 bits per heavy atom. The van der Waals surface area contributed by atoms with Gasteiger partial charge in [-0.2, -0.15) is 5.10 Å². The molecule has 1 heterocycles. The zero-order chi connectivity index (χ0) is 14.7. The van der Waals surface area contributed by atoms with Crippen molar-refractivity contribution in [2.24, 2.45) is 11.8 Å². The summed E-state index contributed by atoms with van der Waals surface area (Å²) in [6, 6.07) is 11.3. The molecule has 0 atom stereocenters. The molecular formula is C18H25N3. The fourth-order valence-electron chi connectivity index (χ4n) is 3.33. The molecule has 0 spiro atoms. The van der Waals surface area contributed by atoms with Crippen molar-refractivity contribution in [2.75, 3.05) is 5.32 Å². The molecule has 1 aromatic carbocycles. The van der Waals surface area contributed by atoms with Crippen molar-refractivity contribution < 1.29 is 0 Å². The second-order valence-corrected chi connectivity index (χ2v) is 6.55. The number of hydrogen-bond acceptors (Lipinski definition) is 2. The summed E-state index contributed by atoms with van der Waals surface area (Å²) >= 11 is 0. The van der Waals surface area contributed by atoms with Gasteiger partial charge in [0, 0.05) is 17.9 Å². The first-order chi connectivity index (χ1) is 10.2. The summed E-state index contributed by atoms with van der Waals surface area (Å²) in [5, 5.41) is 10.7. The molecule has 1 aliphatic rings. The Hall–Kier alpha value is -1.77. The molecule has 1 saturated carbocycles. The number of aromatic amines is 1. The van der Waals surface area contributed by atoms with E-state index in [-0.39, 0.29) is 0 Å². The number of H-pyrrole nitrogens is 1. The third kappa shape index (κ3) is 3.46. The highest BCUT2D eigenvalue weighted by Crippen LogP contribution is 2.31. The van der Waals surface area contributed by atoms with Gasteiger partial charge < -0.3 is 5.32 Å². The lowest BCUT2D eigenvalue weighted by Gasteiger charge is -2.31. The lowest BCUT2D eigenvalue weighted by molar-refractivity contribution is 0.267. The molecule has 0 unspecified atom stereocenters. The highest BCUT2D eigenvalue weighted by atomic mass is 15.1. The van der Waals surface area contributed by atoms with Crippen molar-refractivity contribution >= 4 is 5.69 Å². The molecule has 0 aliphatic heterocycles. The van der Waals surface area contributed by atoms with E-state index in [1.165, 1.54) is 36.9 Å². The van der Waals surface area contributed by atoms with Gasteiger partial charge in [-0.25, -0.2) is 0 Å². The van der Waals surface area contributed by atoms with Gasteiger partial charge in [0.2, 0.25) is 0 Å². The first-order valence-electron chi connectivity index (χ1n) is 8.08. The van der Waals surface area contributed by atoms with E-state index in [2.05, 4.69) is 53.6 Å². The van der Waals surface area contributed by atoms with E-state index >= 15 is 0 Å². The van der Waals surface area contributed by atoms with Gasteiger partial charge in [-0.1, -0.05) is 26.0 Å². The fraction of sp³-hybridized carbons (Fsp3) is 0.500. The quantitative estimate of drug-likeness (QED) is 0.853. The summed E-state index contributed by atoms with van der Waals surface area (Å²) in [7, 11) is 0. The number of benzene rings is 1. The Morgan fingerprint density at radius 2 is 1.76 bits per heavy atom. The van der Waals surface area contributed by atoms with Crippen LogP contribution in [-0.4, -0.2) is 16.2 Å². The van der Waals surface area contributed by atoms with Crippen molar-refractivity contribution in [2.45, 2.75) is 45.6 Å². The van der Waals surface area contributed by atoms with E-state index in [9.17, 15) is 0 Å². The van der Waals surface area contributed by atoms with Crippen molar-refractivity contribution in [3.8, 4) is 11.3 Å². The number of nitrogens with zero attached hydrogens (tertiary/aromatic N) is 1. The van der Waals surface area contributed by atoms with Crippen molar-refractivity contribution in [1.82, 2.24) is 10.2 Å². The second-order valence-electron chi connectivity index (χ2n) is 6.55. The number of nitrogens with one attached hydrogen (secondary N) is 2. The Bertz CT molecular complexity index is 534. The summed E-state index contributed by atoms with van der Waals surface area (Å²) < 4.78 is 0. The number of anilines is 1. The van der Waals surface area contributed by atoms with Gasteiger partial charge in [-0.05, 0) is 61.3 Å². The molecule has 112 valence electrons. The lowest BCUT2D eigenvalue weighted by Crippen LogP contribution is -2.27. The average molecular weight is 283 g/mol. The van der Waals surface area contributed by atoms with Gasteiger partial charge in [-0.3, -0.25) is 5.10 Å². The minimum atomic E-state index is 0.637. The lowest BCUT2D eigenvalue weighted by atomic mass is 9.79. The maximum atomic E-state index is 4.00. The SMILES string of the molecule is CC(C)C1CCC(Nc2ccc(-c3ccn[nH]3)cc2)CC1. The van der Waals surface area contributed by atoms with E-state index < -0.39 is 0 Å². The Morgan fingerprint density at radius 1 is 1.05 bits per heavy atom. The zero-order valence-electron chi connectivity index (χ0n) is 13.0. The topological polar surface area (TPSA) is 40.7 Å². The van der Waals surface area contributed by atoms with E-state index in [0.717, 1.165) is 17.5 Å². The first kappa shape index (κ1) is 14.2. The molecule has 1 aromatic heterocycles. The molecule has 3 nitrogen and oxygen atoms in total. The van der Waals surface area contributed by atoms with Gasteiger partial charge in [-0.15, -0.1) is 0 Å². The van der Waals surface area contributed by atoms with Crippen molar-refractivity contribution in [3.63, 3.8) is 0 Å². The molecular weight excluding hydrogens is 258 g/mol. The van der Waals surface area contributed by atoms with Crippen LogP contribution in [0, 0.1) is 11.8 Å². The van der Waals surface area contributed by atoms with E-state index in [1.807, 2.05) is 6.07 Å². The van der Waals surface area contributed by atoms with Crippen LogP contribution in [0.5, 0.6) is 0 Å². The van der Waals surface area contributed by atoms with Gasteiger partial charge >= 0.3 is 0 Å². The predicted molar refractivity (Wildman–Crippen MR) is 88.2 cm³/mol. The smallest absolute Gasteiger partial charge is 0.0650 e. The van der Waals surface area contributed by atoms with Crippen LogP contribution in [0.15, 0.2) is 36.5 Å². The summed E-state index contributed by atoms with van der Waals surface area (Å²) in [4.78, 5) is 0. The van der Waals surface area contributed by atoms with E-state index in [0.29, 0.717) is 6.04 Å². The molecule has 3 rings (SSSR count). The van der Waals surface area contributed by atoms with Crippen LogP contribution in [0.4, 0.5) is 5.69 Å². The maximum Gasteiger partial charge on any atom is 0.0650 e. The molecule has 1 fully saturated rings. The monoisotopic (exact) mass is 283 g/mol. The van der Waals surface area contributed by atoms with E-state index in [1.54, 1.807) is 6.20 Å². The highest BCUT2D eigenvalue weighted by Gasteiger charge is 2.22. The Labute approximate surface area is 127 Å². The van der Waals surface area contributed by atoms with Crippen LogP contribution >= 0.6 is 0 Å².